The molecule has 2 rings (SSSR count). The first-order valence-corrected chi connectivity index (χ1v) is 8.28. The molecule has 0 saturated heterocycles. The summed E-state index contributed by atoms with van der Waals surface area (Å²) in [5, 5.41) is 11.1. The van der Waals surface area contributed by atoms with Crippen LogP contribution in [0.2, 0.25) is 0 Å². The van der Waals surface area contributed by atoms with E-state index in [0.29, 0.717) is 23.1 Å². The molecule has 1 atom stereocenters. The van der Waals surface area contributed by atoms with Gasteiger partial charge in [-0.05, 0) is 25.7 Å². The minimum absolute atomic E-state index is 0.506. The average Bonchev–Trinajstić information content (AvgIpc) is 3.01. The van der Waals surface area contributed by atoms with E-state index in [-0.39, 0.29) is 0 Å². The van der Waals surface area contributed by atoms with Gasteiger partial charge in [-0.2, -0.15) is 31.8 Å². The highest BCUT2D eigenvalue weighted by atomic mass is 32.2. The normalized spacial score (nSPS) is 12.1. The van der Waals surface area contributed by atoms with Crippen molar-refractivity contribution in [2.24, 2.45) is 0 Å². The molecule has 8 heteroatoms. The van der Waals surface area contributed by atoms with E-state index < -0.39 is 0 Å². The summed E-state index contributed by atoms with van der Waals surface area (Å²) in [5.74, 6) is 1.63. The third-order valence-corrected chi connectivity index (χ3v) is 3.94. The van der Waals surface area contributed by atoms with Crippen LogP contribution < -0.4 is 10.6 Å². The number of nitrogens with one attached hydrogen (secondary N) is 2. The van der Waals surface area contributed by atoms with Crippen molar-refractivity contribution in [3.63, 3.8) is 0 Å². The van der Waals surface area contributed by atoms with Crippen LogP contribution in [0.1, 0.15) is 20.3 Å². The molecule has 7 nitrogen and oxygen atoms in total. The lowest BCUT2D eigenvalue weighted by Gasteiger charge is -2.11. The average molecular weight is 307 g/mol. The van der Waals surface area contributed by atoms with Gasteiger partial charge >= 0.3 is 0 Å². The van der Waals surface area contributed by atoms with Crippen molar-refractivity contribution in [2.45, 2.75) is 25.5 Å². The van der Waals surface area contributed by atoms with E-state index in [0.717, 1.165) is 19.5 Å². The molecule has 0 amide bonds. The van der Waals surface area contributed by atoms with Crippen molar-refractivity contribution in [2.75, 3.05) is 30.0 Å². The Hall–Kier alpha value is -1.83. The van der Waals surface area contributed by atoms with Crippen LogP contribution in [-0.4, -0.2) is 49.3 Å². The number of nitrogens with zero attached hydrogens (tertiary/aromatic N) is 5. The first kappa shape index (κ1) is 15.6. The van der Waals surface area contributed by atoms with Crippen LogP contribution in [0.25, 0.3) is 5.95 Å². The number of aromatic nitrogens is 5. The van der Waals surface area contributed by atoms with Gasteiger partial charge in [0.2, 0.25) is 11.9 Å². The topological polar surface area (TPSA) is 80.5 Å². The smallest absolute Gasteiger partial charge is 0.257 e. The van der Waals surface area contributed by atoms with E-state index in [9.17, 15) is 0 Å². The van der Waals surface area contributed by atoms with Crippen molar-refractivity contribution in [1.82, 2.24) is 24.7 Å². The number of anilines is 2. The summed E-state index contributed by atoms with van der Waals surface area (Å²) in [6.45, 7) is 5.80. The first-order valence-electron chi connectivity index (χ1n) is 6.99. The predicted octanol–water partition coefficient (Wildman–Crippen LogP) is 2.04. The molecule has 0 aliphatic rings. The second-order valence-electron chi connectivity index (χ2n) is 4.53. The number of hydrogen-bond donors (Lipinski definition) is 2. The molecular formula is C13H21N7S. The summed E-state index contributed by atoms with van der Waals surface area (Å²) in [4.78, 5) is 13.1. The molecule has 2 aromatic rings. The third-order valence-electron chi connectivity index (χ3n) is 2.90. The van der Waals surface area contributed by atoms with E-state index in [1.807, 2.05) is 30.9 Å². The molecule has 0 spiro atoms. The van der Waals surface area contributed by atoms with Crippen LogP contribution in [0.15, 0.2) is 18.5 Å². The highest BCUT2D eigenvalue weighted by Crippen LogP contribution is 2.11. The Labute approximate surface area is 129 Å². The lowest BCUT2D eigenvalue weighted by Crippen LogP contribution is -2.14. The standard InChI is InChI=1S/C13H21N7S/c1-4-14-11-17-12(15-8-6-10(2)21-3)19-13(18-11)20-9-5-7-16-20/h5,7,9-10H,4,6,8H2,1-3H3,(H2,14,15,17,18,19). The van der Waals surface area contributed by atoms with E-state index >= 15 is 0 Å². The zero-order valence-electron chi connectivity index (χ0n) is 12.6. The molecule has 0 fully saturated rings. The van der Waals surface area contributed by atoms with Gasteiger partial charge in [0.15, 0.2) is 0 Å². The Morgan fingerprint density at radius 2 is 2.00 bits per heavy atom. The van der Waals surface area contributed by atoms with Gasteiger partial charge in [0.25, 0.3) is 5.95 Å². The van der Waals surface area contributed by atoms with Gasteiger partial charge in [0.05, 0.1) is 0 Å². The van der Waals surface area contributed by atoms with Gasteiger partial charge in [-0.25, -0.2) is 4.68 Å². The zero-order chi connectivity index (χ0) is 15.1. The van der Waals surface area contributed by atoms with Crippen LogP contribution in [0.4, 0.5) is 11.9 Å². The van der Waals surface area contributed by atoms with E-state index in [1.165, 1.54) is 0 Å². The Kier molecular flexibility index (Phi) is 5.79. The van der Waals surface area contributed by atoms with Crippen molar-refractivity contribution >= 4 is 23.7 Å². The molecule has 0 aliphatic heterocycles. The first-order chi connectivity index (χ1) is 10.2. The Balaban J connectivity index is 2.12. The maximum atomic E-state index is 4.40. The molecule has 2 heterocycles. The van der Waals surface area contributed by atoms with Gasteiger partial charge in [-0.3, -0.25) is 0 Å². The van der Waals surface area contributed by atoms with Crippen LogP contribution >= 0.6 is 11.8 Å². The highest BCUT2D eigenvalue weighted by molar-refractivity contribution is 7.99. The van der Waals surface area contributed by atoms with Crippen molar-refractivity contribution in [3.8, 4) is 5.95 Å². The quantitative estimate of drug-likeness (QED) is 0.772. The number of thioether (sulfide) groups is 1. The summed E-state index contributed by atoms with van der Waals surface area (Å²) < 4.78 is 1.62. The third kappa shape index (κ3) is 4.59. The Morgan fingerprint density at radius 3 is 2.62 bits per heavy atom. The molecule has 0 radical (unpaired) electrons. The van der Waals surface area contributed by atoms with Gasteiger partial charge in [-0.15, -0.1) is 0 Å². The highest BCUT2D eigenvalue weighted by Gasteiger charge is 2.08. The van der Waals surface area contributed by atoms with Crippen LogP contribution in [0, 0.1) is 0 Å². The van der Waals surface area contributed by atoms with E-state index in [4.69, 9.17) is 0 Å². The monoisotopic (exact) mass is 307 g/mol. The predicted molar refractivity (Wildman–Crippen MR) is 87.2 cm³/mol. The molecule has 2 N–H and O–H groups in total. The molecule has 0 aromatic carbocycles. The van der Waals surface area contributed by atoms with Crippen molar-refractivity contribution in [1.29, 1.82) is 0 Å². The fraction of sp³-hybridized carbons (Fsp3) is 0.538. The second kappa shape index (κ2) is 7.82. The fourth-order valence-electron chi connectivity index (χ4n) is 1.68. The molecule has 0 bridgehead atoms. The van der Waals surface area contributed by atoms with Gasteiger partial charge in [0, 0.05) is 30.7 Å². The summed E-state index contributed by atoms with van der Waals surface area (Å²) in [6, 6.07) is 1.84. The maximum Gasteiger partial charge on any atom is 0.257 e. The summed E-state index contributed by atoms with van der Waals surface area (Å²) in [7, 11) is 0. The van der Waals surface area contributed by atoms with Crippen LogP contribution in [0.5, 0.6) is 0 Å². The minimum Gasteiger partial charge on any atom is -0.354 e. The Bertz CT molecular complexity index is 543. The molecule has 1 unspecified atom stereocenters. The molecule has 2 aromatic heterocycles. The fourth-order valence-corrected chi connectivity index (χ4v) is 2.03. The molecule has 0 saturated carbocycles. The van der Waals surface area contributed by atoms with E-state index in [2.05, 4.69) is 43.9 Å². The Morgan fingerprint density at radius 1 is 1.24 bits per heavy atom. The largest absolute Gasteiger partial charge is 0.354 e. The summed E-state index contributed by atoms with van der Waals surface area (Å²) in [6.07, 6.45) is 6.68. The zero-order valence-corrected chi connectivity index (χ0v) is 13.4. The van der Waals surface area contributed by atoms with E-state index in [1.54, 1.807) is 10.9 Å². The lowest BCUT2D eigenvalue weighted by atomic mass is 10.3. The SMILES string of the molecule is CCNc1nc(NCCC(C)SC)nc(-n2cccn2)n1. The number of hydrogen-bond acceptors (Lipinski definition) is 7. The molecule has 114 valence electrons. The minimum atomic E-state index is 0.506. The van der Waals surface area contributed by atoms with Crippen LogP contribution in [0.3, 0.4) is 0 Å². The van der Waals surface area contributed by atoms with Gasteiger partial charge in [-0.1, -0.05) is 6.92 Å². The van der Waals surface area contributed by atoms with Gasteiger partial charge < -0.3 is 10.6 Å². The second-order valence-corrected chi connectivity index (χ2v) is 5.80. The van der Waals surface area contributed by atoms with Crippen molar-refractivity contribution in [3.05, 3.63) is 18.5 Å². The van der Waals surface area contributed by atoms with Gasteiger partial charge in [0.1, 0.15) is 0 Å². The van der Waals surface area contributed by atoms with Crippen molar-refractivity contribution < 1.29 is 0 Å². The maximum absolute atomic E-state index is 4.40. The van der Waals surface area contributed by atoms with Crippen LogP contribution in [-0.2, 0) is 0 Å². The molecule has 0 aliphatic carbocycles. The number of rotatable bonds is 8. The molecular weight excluding hydrogens is 286 g/mol. The summed E-state index contributed by atoms with van der Waals surface area (Å²) >= 11 is 1.85. The summed E-state index contributed by atoms with van der Waals surface area (Å²) in [5.41, 5.74) is 0. The molecule has 21 heavy (non-hydrogen) atoms. The lowest BCUT2D eigenvalue weighted by molar-refractivity contribution is 0.788.